The molecule has 0 spiro atoms. The van der Waals surface area contributed by atoms with Crippen molar-refractivity contribution in [2.45, 2.75) is 13.2 Å². The number of aromatic nitrogens is 1. The van der Waals surface area contributed by atoms with Crippen LogP contribution in [0.1, 0.15) is 16.7 Å². The second-order valence-electron chi connectivity index (χ2n) is 6.21. The molecule has 4 aromatic rings. The number of nitrogens with zero attached hydrogens (tertiary/aromatic N) is 2. The minimum atomic E-state index is 0.558. The third-order valence-corrected chi connectivity index (χ3v) is 4.47. The first-order valence-electron chi connectivity index (χ1n) is 8.57. The van der Waals surface area contributed by atoms with Crippen molar-refractivity contribution in [3.05, 3.63) is 102 Å². The lowest BCUT2D eigenvalue weighted by molar-refractivity contribution is 0.306. The van der Waals surface area contributed by atoms with E-state index in [2.05, 4.69) is 47.2 Å². The molecule has 0 radical (unpaired) electrons. The summed E-state index contributed by atoms with van der Waals surface area (Å²) in [6.07, 6.45) is 2.06. The molecule has 0 aliphatic rings. The molecule has 1 aromatic heterocycles. The molecule has 0 saturated heterocycles. The van der Waals surface area contributed by atoms with Gasteiger partial charge in [-0.15, -0.1) is 0 Å². The maximum absolute atomic E-state index is 9.27. The van der Waals surface area contributed by atoms with Gasteiger partial charge in [0.2, 0.25) is 0 Å². The Kier molecular flexibility index (Phi) is 4.40. The maximum atomic E-state index is 9.27. The van der Waals surface area contributed by atoms with E-state index in [0.29, 0.717) is 13.2 Å². The van der Waals surface area contributed by atoms with Crippen molar-refractivity contribution in [3.8, 4) is 11.8 Å². The molecule has 126 valence electrons. The van der Waals surface area contributed by atoms with Gasteiger partial charge in [0.05, 0.1) is 11.6 Å². The van der Waals surface area contributed by atoms with Gasteiger partial charge in [-0.3, -0.25) is 0 Å². The number of benzene rings is 3. The van der Waals surface area contributed by atoms with Gasteiger partial charge in [-0.05, 0) is 41.5 Å². The molecule has 1 heterocycles. The van der Waals surface area contributed by atoms with Crippen molar-refractivity contribution in [2.75, 3.05) is 0 Å². The van der Waals surface area contributed by atoms with Crippen molar-refractivity contribution in [3.63, 3.8) is 0 Å². The molecule has 0 aliphatic carbocycles. The van der Waals surface area contributed by atoms with Crippen LogP contribution in [0.3, 0.4) is 0 Å². The minimum absolute atomic E-state index is 0.558. The highest BCUT2D eigenvalue weighted by Crippen LogP contribution is 2.24. The van der Waals surface area contributed by atoms with E-state index in [1.807, 2.05) is 48.5 Å². The fraction of sp³-hybridized carbons (Fsp3) is 0.0870. The lowest BCUT2D eigenvalue weighted by Gasteiger charge is -2.09. The normalized spacial score (nSPS) is 10.6. The quantitative estimate of drug-likeness (QED) is 0.505. The average Bonchev–Trinajstić information content (AvgIpc) is 3.10. The number of fused-ring (bicyclic) bond motifs is 1. The highest BCUT2D eigenvalue weighted by molar-refractivity contribution is 5.81. The predicted molar refractivity (Wildman–Crippen MR) is 103 cm³/mol. The van der Waals surface area contributed by atoms with Crippen LogP contribution in [0.15, 0.2) is 85.1 Å². The Balaban J connectivity index is 1.55. The van der Waals surface area contributed by atoms with E-state index in [1.54, 1.807) is 0 Å². The largest absolute Gasteiger partial charge is 0.489 e. The summed E-state index contributed by atoms with van der Waals surface area (Å²) in [5.74, 6) is 0.858. The molecular formula is C23H18N2O. The zero-order valence-corrected chi connectivity index (χ0v) is 14.3. The molecule has 0 saturated carbocycles. The molecular weight excluding hydrogens is 320 g/mol. The highest BCUT2D eigenvalue weighted by atomic mass is 16.5. The molecule has 0 bridgehead atoms. The smallest absolute Gasteiger partial charge is 0.120 e. The van der Waals surface area contributed by atoms with Gasteiger partial charge >= 0.3 is 0 Å². The summed E-state index contributed by atoms with van der Waals surface area (Å²) < 4.78 is 8.07. The van der Waals surface area contributed by atoms with Gasteiger partial charge in [-0.1, -0.05) is 48.5 Å². The van der Waals surface area contributed by atoms with Crippen LogP contribution in [0.2, 0.25) is 0 Å². The third kappa shape index (κ3) is 3.31. The van der Waals surface area contributed by atoms with Crippen LogP contribution >= 0.6 is 0 Å². The summed E-state index contributed by atoms with van der Waals surface area (Å²) in [5.41, 5.74) is 4.03. The van der Waals surface area contributed by atoms with Crippen LogP contribution < -0.4 is 4.74 Å². The van der Waals surface area contributed by atoms with E-state index in [1.165, 1.54) is 0 Å². The summed E-state index contributed by atoms with van der Waals surface area (Å²) in [7, 11) is 0. The zero-order valence-electron chi connectivity index (χ0n) is 14.3. The summed E-state index contributed by atoms with van der Waals surface area (Å²) in [6, 6.07) is 28.4. The van der Waals surface area contributed by atoms with Gasteiger partial charge in [0.1, 0.15) is 12.4 Å². The number of nitriles is 1. The van der Waals surface area contributed by atoms with Crippen molar-refractivity contribution in [1.29, 1.82) is 5.26 Å². The fourth-order valence-electron chi connectivity index (χ4n) is 3.10. The van der Waals surface area contributed by atoms with E-state index in [4.69, 9.17) is 4.74 Å². The Morgan fingerprint density at radius 2 is 1.69 bits per heavy atom. The first-order chi connectivity index (χ1) is 12.8. The first-order valence-corrected chi connectivity index (χ1v) is 8.57. The van der Waals surface area contributed by atoms with Crippen LogP contribution in [0.4, 0.5) is 0 Å². The average molecular weight is 338 g/mol. The van der Waals surface area contributed by atoms with E-state index in [0.717, 1.165) is 33.3 Å². The summed E-state index contributed by atoms with van der Waals surface area (Å²) in [5, 5.41) is 10.4. The van der Waals surface area contributed by atoms with E-state index in [9.17, 15) is 5.26 Å². The van der Waals surface area contributed by atoms with Gasteiger partial charge < -0.3 is 9.30 Å². The van der Waals surface area contributed by atoms with Crippen LogP contribution in [-0.4, -0.2) is 4.57 Å². The van der Waals surface area contributed by atoms with E-state index < -0.39 is 0 Å². The minimum Gasteiger partial charge on any atom is -0.489 e. The molecule has 3 nitrogen and oxygen atoms in total. The Labute approximate surface area is 152 Å². The monoisotopic (exact) mass is 338 g/mol. The van der Waals surface area contributed by atoms with E-state index in [-0.39, 0.29) is 0 Å². The van der Waals surface area contributed by atoms with Crippen molar-refractivity contribution in [1.82, 2.24) is 4.57 Å². The molecule has 0 fully saturated rings. The second-order valence-corrected chi connectivity index (χ2v) is 6.21. The Morgan fingerprint density at radius 1 is 0.885 bits per heavy atom. The Bertz CT molecular complexity index is 1070. The molecule has 0 amide bonds. The molecule has 26 heavy (non-hydrogen) atoms. The SMILES string of the molecule is N#Cc1ccccc1Cn1ccc2cc(OCc3ccccc3)ccc21. The van der Waals surface area contributed by atoms with Crippen molar-refractivity contribution >= 4 is 10.9 Å². The molecule has 0 aliphatic heterocycles. The Morgan fingerprint density at radius 3 is 2.54 bits per heavy atom. The van der Waals surface area contributed by atoms with Crippen LogP contribution in [0, 0.1) is 11.3 Å². The number of ether oxygens (including phenoxy) is 1. The molecule has 0 atom stereocenters. The third-order valence-electron chi connectivity index (χ3n) is 4.47. The molecule has 4 rings (SSSR count). The molecule has 3 heteroatoms. The van der Waals surface area contributed by atoms with Crippen LogP contribution in [0.25, 0.3) is 10.9 Å². The van der Waals surface area contributed by atoms with Gasteiger partial charge in [0, 0.05) is 23.6 Å². The predicted octanol–water partition coefficient (Wildman–Crippen LogP) is 5.14. The summed E-state index contributed by atoms with van der Waals surface area (Å²) >= 11 is 0. The molecule has 0 N–H and O–H groups in total. The van der Waals surface area contributed by atoms with Gasteiger partial charge in [0.25, 0.3) is 0 Å². The van der Waals surface area contributed by atoms with Crippen molar-refractivity contribution < 1.29 is 4.74 Å². The summed E-state index contributed by atoms with van der Waals surface area (Å²) in [6.45, 7) is 1.24. The number of rotatable bonds is 5. The van der Waals surface area contributed by atoms with Gasteiger partial charge in [-0.25, -0.2) is 0 Å². The number of hydrogen-bond donors (Lipinski definition) is 0. The zero-order chi connectivity index (χ0) is 17.8. The lowest BCUT2D eigenvalue weighted by Crippen LogP contribution is -2.00. The Hall–Kier alpha value is -3.51. The summed E-state index contributed by atoms with van der Waals surface area (Å²) in [4.78, 5) is 0. The first kappa shape index (κ1) is 16.0. The fourth-order valence-corrected chi connectivity index (χ4v) is 3.10. The lowest BCUT2D eigenvalue weighted by atomic mass is 10.1. The van der Waals surface area contributed by atoms with Gasteiger partial charge in [0.15, 0.2) is 0 Å². The van der Waals surface area contributed by atoms with Crippen LogP contribution in [-0.2, 0) is 13.2 Å². The van der Waals surface area contributed by atoms with Crippen LogP contribution in [0.5, 0.6) is 5.75 Å². The topological polar surface area (TPSA) is 38.0 Å². The van der Waals surface area contributed by atoms with E-state index >= 15 is 0 Å². The standard InChI is InChI=1S/C23H18N2O/c24-15-20-8-4-5-9-21(20)16-25-13-12-19-14-22(10-11-23(19)25)26-17-18-6-2-1-3-7-18/h1-14H,16-17H2. The highest BCUT2D eigenvalue weighted by Gasteiger charge is 2.06. The van der Waals surface area contributed by atoms with Gasteiger partial charge in [-0.2, -0.15) is 5.26 Å². The van der Waals surface area contributed by atoms with Crippen molar-refractivity contribution in [2.24, 2.45) is 0 Å². The molecule has 0 unspecified atom stereocenters. The maximum Gasteiger partial charge on any atom is 0.120 e. The number of hydrogen-bond acceptors (Lipinski definition) is 2. The second kappa shape index (κ2) is 7.16. The molecule has 3 aromatic carbocycles.